The standard InChI is InChI=1S/C4H8INO2/c1-2(5)3(6)4(7)8/h2-3H,6H2,1H3,(H,7,8). The second kappa shape index (κ2) is 3.24. The molecule has 0 heterocycles. The molecule has 0 aromatic carbocycles. The predicted molar refractivity (Wildman–Crippen MR) is 39.1 cm³/mol. The first kappa shape index (κ1) is 8.16. The Bertz CT molecular complexity index is 94.0. The van der Waals surface area contributed by atoms with Crippen molar-refractivity contribution in [3.8, 4) is 0 Å². The highest BCUT2D eigenvalue weighted by molar-refractivity contribution is 14.1. The van der Waals surface area contributed by atoms with Crippen LogP contribution in [0.3, 0.4) is 0 Å². The van der Waals surface area contributed by atoms with Crippen LogP contribution in [-0.2, 0) is 4.79 Å². The number of alkyl halides is 1. The molecule has 0 bridgehead atoms. The zero-order chi connectivity index (χ0) is 6.73. The predicted octanol–water partition coefficient (Wildman–Crippen LogP) is 0.222. The highest BCUT2D eigenvalue weighted by atomic mass is 127. The van der Waals surface area contributed by atoms with E-state index in [1.54, 1.807) is 6.92 Å². The summed E-state index contributed by atoms with van der Waals surface area (Å²) in [5, 5.41) is 8.22. The summed E-state index contributed by atoms with van der Waals surface area (Å²) >= 11 is 1.98. The fraction of sp³-hybridized carbons (Fsp3) is 0.750. The van der Waals surface area contributed by atoms with Gasteiger partial charge in [0.1, 0.15) is 6.04 Å². The first-order chi connectivity index (χ1) is 3.55. The number of halogens is 1. The molecule has 0 aromatic heterocycles. The van der Waals surface area contributed by atoms with Gasteiger partial charge in [0.15, 0.2) is 0 Å². The summed E-state index contributed by atoms with van der Waals surface area (Å²) < 4.78 is -0.00917. The number of carbonyl (C=O) groups is 1. The average Bonchev–Trinajstić information content (AvgIpc) is 1.64. The molecular weight excluding hydrogens is 221 g/mol. The summed E-state index contributed by atoms with van der Waals surface area (Å²) in [5.74, 6) is -0.938. The molecule has 48 valence electrons. The minimum absolute atomic E-state index is 0.00917. The van der Waals surface area contributed by atoms with Crippen LogP contribution >= 0.6 is 22.6 Å². The molecule has 0 fully saturated rings. The number of hydrogen-bond acceptors (Lipinski definition) is 2. The molecule has 0 aliphatic heterocycles. The minimum Gasteiger partial charge on any atom is -0.480 e. The van der Waals surface area contributed by atoms with E-state index in [0.717, 1.165) is 0 Å². The molecule has 0 amide bonds. The van der Waals surface area contributed by atoms with Crippen molar-refractivity contribution >= 4 is 28.6 Å². The number of carboxylic acid groups (broad SMARTS) is 1. The van der Waals surface area contributed by atoms with Gasteiger partial charge >= 0.3 is 5.97 Å². The van der Waals surface area contributed by atoms with Gasteiger partial charge in [0.2, 0.25) is 0 Å². The Balaban J connectivity index is 3.64. The van der Waals surface area contributed by atoms with Crippen molar-refractivity contribution in [1.82, 2.24) is 0 Å². The van der Waals surface area contributed by atoms with Gasteiger partial charge in [-0.25, -0.2) is 0 Å². The maximum absolute atomic E-state index is 10.0. The number of rotatable bonds is 2. The minimum atomic E-state index is -0.938. The topological polar surface area (TPSA) is 63.3 Å². The van der Waals surface area contributed by atoms with Crippen molar-refractivity contribution in [1.29, 1.82) is 0 Å². The second-order valence-electron chi connectivity index (χ2n) is 1.54. The van der Waals surface area contributed by atoms with Gasteiger partial charge in [0.25, 0.3) is 0 Å². The molecule has 2 unspecified atom stereocenters. The van der Waals surface area contributed by atoms with Gasteiger partial charge in [-0.1, -0.05) is 29.5 Å². The number of aliphatic carboxylic acids is 1. The van der Waals surface area contributed by atoms with Crippen LogP contribution in [0.5, 0.6) is 0 Å². The first-order valence-corrected chi connectivity index (χ1v) is 3.42. The van der Waals surface area contributed by atoms with Gasteiger partial charge in [-0.05, 0) is 0 Å². The highest BCUT2D eigenvalue weighted by Gasteiger charge is 2.15. The van der Waals surface area contributed by atoms with Crippen molar-refractivity contribution in [3.05, 3.63) is 0 Å². The Morgan fingerprint density at radius 3 is 2.25 bits per heavy atom. The third kappa shape index (κ3) is 2.46. The van der Waals surface area contributed by atoms with Gasteiger partial charge in [-0.2, -0.15) is 0 Å². The van der Waals surface area contributed by atoms with E-state index >= 15 is 0 Å². The van der Waals surface area contributed by atoms with Gasteiger partial charge < -0.3 is 10.8 Å². The third-order valence-electron chi connectivity index (χ3n) is 0.780. The largest absolute Gasteiger partial charge is 0.480 e. The van der Waals surface area contributed by atoms with Gasteiger partial charge in [0.05, 0.1) is 0 Å². The number of hydrogen-bond donors (Lipinski definition) is 2. The molecule has 0 radical (unpaired) electrons. The SMILES string of the molecule is CC(I)C(N)C(=O)O. The van der Waals surface area contributed by atoms with Gasteiger partial charge in [-0.15, -0.1) is 0 Å². The number of nitrogens with two attached hydrogens (primary N) is 1. The molecule has 0 aliphatic rings. The highest BCUT2D eigenvalue weighted by Crippen LogP contribution is 2.01. The van der Waals surface area contributed by atoms with E-state index in [-0.39, 0.29) is 3.92 Å². The summed E-state index contributed by atoms with van der Waals surface area (Å²) in [6.07, 6.45) is 0. The second-order valence-corrected chi connectivity index (χ2v) is 3.51. The third-order valence-corrected chi connectivity index (χ3v) is 1.55. The van der Waals surface area contributed by atoms with Gasteiger partial charge in [0, 0.05) is 3.92 Å². The molecule has 0 aromatic rings. The number of carboxylic acids is 1. The molecule has 2 atom stereocenters. The molecule has 0 spiro atoms. The van der Waals surface area contributed by atoms with Crippen molar-refractivity contribution in [3.63, 3.8) is 0 Å². The van der Waals surface area contributed by atoms with E-state index in [2.05, 4.69) is 0 Å². The Morgan fingerprint density at radius 1 is 1.88 bits per heavy atom. The van der Waals surface area contributed by atoms with Crippen LogP contribution in [0.2, 0.25) is 0 Å². The Morgan fingerprint density at radius 2 is 2.25 bits per heavy atom. The normalized spacial score (nSPS) is 17.4. The lowest BCUT2D eigenvalue weighted by Crippen LogP contribution is -2.36. The van der Waals surface area contributed by atoms with Crippen LogP contribution in [0.15, 0.2) is 0 Å². The lowest BCUT2D eigenvalue weighted by Gasteiger charge is -2.06. The summed E-state index contributed by atoms with van der Waals surface area (Å²) in [6.45, 7) is 1.76. The van der Waals surface area contributed by atoms with Crippen LogP contribution in [-0.4, -0.2) is 21.0 Å². The monoisotopic (exact) mass is 229 g/mol. The Labute approximate surface area is 61.4 Å². The summed E-state index contributed by atoms with van der Waals surface area (Å²) in [4.78, 5) is 10.0. The van der Waals surface area contributed by atoms with Crippen molar-refractivity contribution in [2.75, 3.05) is 0 Å². The molecule has 4 heteroatoms. The van der Waals surface area contributed by atoms with Crippen LogP contribution in [0.1, 0.15) is 6.92 Å². The fourth-order valence-electron chi connectivity index (χ4n) is 0.196. The summed E-state index contributed by atoms with van der Waals surface area (Å²) in [5.41, 5.74) is 5.15. The smallest absolute Gasteiger partial charge is 0.321 e. The van der Waals surface area contributed by atoms with Gasteiger partial charge in [-0.3, -0.25) is 4.79 Å². The molecule has 0 aliphatic carbocycles. The summed E-state index contributed by atoms with van der Waals surface area (Å²) in [6, 6.07) is -0.726. The average molecular weight is 229 g/mol. The van der Waals surface area contributed by atoms with Crippen LogP contribution in [0.4, 0.5) is 0 Å². The summed E-state index contributed by atoms with van der Waals surface area (Å²) in [7, 11) is 0. The zero-order valence-corrected chi connectivity index (χ0v) is 6.62. The van der Waals surface area contributed by atoms with Crippen molar-refractivity contribution in [2.24, 2.45) is 5.73 Å². The van der Waals surface area contributed by atoms with Crippen LogP contribution in [0, 0.1) is 0 Å². The molecule has 3 N–H and O–H groups in total. The lowest BCUT2D eigenvalue weighted by atomic mass is 10.2. The van der Waals surface area contributed by atoms with E-state index < -0.39 is 12.0 Å². The van der Waals surface area contributed by atoms with E-state index in [9.17, 15) is 4.79 Å². The molecule has 0 saturated heterocycles. The maximum Gasteiger partial charge on any atom is 0.321 e. The molecule has 0 saturated carbocycles. The van der Waals surface area contributed by atoms with E-state index in [1.165, 1.54) is 0 Å². The Hall–Kier alpha value is 0.160. The van der Waals surface area contributed by atoms with E-state index in [0.29, 0.717) is 0 Å². The van der Waals surface area contributed by atoms with Crippen molar-refractivity contribution in [2.45, 2.75) is 16.9 Å². The lowest BCUT2D eigenvalue weighted by molar-refractivity contribution is -0.138. The molecule has 8 heavy (non-hydrogen) atoms. The van der Waals surface area contributed by atoms with Crippen LogP contribution in [0.25, 0.3) is 0 Å². The first-order valence-electron chi connectivity index (χ1n) is 2.18. The van der Waals surface area contributed by atoms with Crippen molar-refractivity contribution < 1.29 is 9.90 Å². The van der Waals surface area contributed by atoms with Crippen LogP contribution < -0.4 is 5.73 Å². The molecule has 3 nitrogen and oxygen atoms in total. The quantitative estimate of drug-likeness (QED) is 0.526. The Kier molecular flexibility index (Phi) is 3.30. The zero-order valence-electron chi connectivity index (χ0n) is 4.47. The van der Waals surface area contributed by atoms with E-state index in [1.807, 2.05) is 22.6 Å². The fourth-order valence-corrected chi connectivity index (χ4v) is 0.504. The van der Waals surface area contributed by atoms with E-state index in [4.69, 9.17) is 10.8 Å². The molecule has 0 rings (SSSR count). The molecular formula is C4H8INO2. The maximum atomic E-state index is 10.0.